The molecule has 2 atom stereocenters. The maximum absolute atomic E-state index is 13.6. The van der Waals surface area contributed by atoms with Gasteiger partial charge >= 0.3 is 0 Å². The summed E-state index contributed by atoms with van der Waals surface area (Å²) in [6.07, 6.45) is 3.51. The predicted molar refractivity (Wildman–Crippen MR) is 138 cm³/mol. The van der Waals surface area contributed by atoms with E-state index in [1.54, 1.807) is 25.3 Å². The van der Waals surface area contributed by atoms with E-state index in [-0.39, 0.29) is 23.1 Å². The SMILES string of the molecule is COc1cc(OC[C@@H]2CCCN2C(=O)CN2CC[C@H](O)C2)c2c(Nc3ccc(F)c(Cl)c3)ncnc2c1. The van der Waals surface area contributed by atoms with Crippen LogP contribution in [0.25, 0.3) is 10.9 Å². The van der Waals surface area contributed by atoms with E-state index in [0.717, 1.165) is 19.4 Å². The number of aliphatic hydroxyl groups is 1. The number of nitrogens with zero attached hydrogens (tertiary/aromatic N) is 4. The summed E-state index contributed by atoms with van der Waals surface area (Å²) in [6.45, 7) is 2.55. The molecule has 0 aliphatic carbocycles. The maximum Gasteiger partial charge on any atom is 0.237 e. The quantitative estimate of drug-likeness (QED) is 0.456. The van der Waals surface area contributed by atoms with Gasteiger partial charge in [0.05, 0.1) is 41.7 Å². The first-order valence-corrected chi connectivity index (χ1v) is 12.7. The van der Waals surface area contributed by atoms with Gasteiger partial charge < -0.3 is 24.8 Å². The smallest absolute Gasteiger partial charge is 0.237 e. The summed E-state index contributed by atoms with van der Waals surface area (Å²) < 4.78 is 25.4. The summed E-state index contributed by atoms with van der Waals surface area (Å²) in [7, 11) is 1.57. The molecule has 0 bridgehead atoms. The summed E-state index contributed by atoms with van der Waals surface area (Å²) in [5, 5.41) is 13.6. The van der Waals surface area contributed by atoms with E-state index in [2.05, 4.69) is 15.3 Å². The second-order valence-corrected chi connectivity index (χ2v) is 9.77. The van der Waals surface area contributed by atoms with Gasteiger partial charge in [-0.3, -0.25) is 9.69 Å². The minimum atomic E-state index is -0.509. The van der Waals surface area contributed by atoms with Gasteiger partial charge in [-0.05, 0) is 37.5 Å². The molecule has 2 fully saturated rings. The Labute approximate surface area is 219 Å². The molecule has 37 heavy (non-hydrogen) atoms. The van der Waals surface area contributed by atoms with Crippen LogP contribution < -0.4 is 14.8 Å². The van der Waals surface area contributed by atoms with Crippen molar-refractivity contribution in [2.75, 3.05) is 45.2 Å². The molecule has 2 saturated heterocycles. The Bertz CT molecular complexity index is 1300. The Morgan fingerprint density at radius 3 is 2.86 bits per heavy atom. The van der Waals surface area contributed by atoms with Crippen molar-refractivity contribution < 1.29 is 23.8 Å². The van der Waals surface area contributed by atoms with Gasteiger partial charge in [0, 0.05) is 37.5 Å². The van der Waals surface area contributed by atoms with Gasteiger partial charge in [0.1, 0.15) is 36.1 Å². The zero-order chi connectivity index (χ0) is 25.9. The minimum absolute atomic E-state index is 0.00376. The molecule has 0 radical (unpaired) electrons. The number of halogens is 2. The number of β-amino-alcohol motifs (C(OH)–C–C–N with tert-alkyl or cyclic N) is 1. The highest BCUT2D eigenvalue weighted by Gasteiger charge is 2.32. The van der Waals surface area contributed by atoms with Crippen LogP contribution >= 0.6 is 11.6 Å². The molecular weight excluding hydrogens is 501 g/mol. The van der Waals surface area contributed by atoms with E-state index in [1.807, 2.05) is 9.80 Å². The molecule has 2 aliphatic heterocycles. The largest absolute Gasteiger partial charge is 0.497 e. The van der Waals surface area contributed by atoms with Crippen molar-refractivity contribution >= 4 is 39.9 Å². The minimum Gasteiger partial charge on any atom is -0.497 e. The van der Waals surface area contributed by atoms with Crippen molar-refractivity contribution in [3.05, 3.63) is 47.5 Å². The van der Waals surface area contributed by atoms with Gasteiger partial charge in [0.25, 0.3) is 0 Å². The lowest BCUT2D eigenvalue weighted by atomic mass is 10.2. The third kappa shape index (κ3) is 5.71. The van der Waals surface area contributed by atoms with Crippen molar-refractivity contribution in [3.8, 4) is 11.5 Å². The van der Waals surface area contributed by atoms with Gasteiger partial charge in [-0.1, -0.05) is 11.6 Å². The molecule has 0 spiro atoms. The number of ether oxygens (including phenoxy) is 2. The number of aromatic nitrogens is 2. The van der Waals surface area contributed by atoms with Gasteiger partial charge in [0.15, 0.2) is 0 Å². The second-order valence-electron chi connectivity index (χ2n) is 9.37. The first kappa shape index (κ1) is 25.4. The van der Waals surface area contributed by atoms with Crippen LogP contribution in [0.4, 0.5) is 15.9 Å². The Hall–Kier alpha value is -3.21. The van der Waals surface area contributed by atoms with Crippen molar-refractivity contribution in [1.82, 2.24) is 19.8 Å². The van der Waals surface area contributed by atoms with E-state index in [4.69, 9.17) is 21.1 Å². The van der Waals surface area contributed by atoms with Crippen molar-refractivity contribution in [2.45, 2.75) is 31.4 Å². The normalized spacial score (nSPS) is 19.9. The van der Waals surface area contributed by atoms with E-state index in [0.29, 0.717) is 66.6 Å². The molecule has 0 unspecified atom stereocenters. The second kappa shape index (κ2) is 11.0. The van der Waals surface area contributed by atoms with Crippen LogP contribution in [0.15, 0.2) is 36.7 Å². The lowest BCUT2D eigenvalue weighted by molar-refractivity contribution is -0.133. The van der Waals surface area contributed by atoms with Crippen molar-refractivity contribution in [1.29, 1.82) is 0 Å². The number of rotatable bonds is 8. The Morgan fingerprint density at radius 1 is 1.24 bits per heavy atom. The highest BCUT2D eigenvalue weighted by molar-refractivity contribution is 6.31. The number of fused-ring (bicyclic) bond motifs is 1. The van der Waals surface area contributed by atoms with E-state index >= 15 is 0 Å². The van der Waals surface area contributed by atoms with Crippen LogP contribution in [0.5, 0.6) is 11.5 Å². The lowest BCUT2D eigenvalue weighted by Crippen LogP contribution is -2.44. The summed E-state index contributed by atoms with van der Waals surface area (Å²) >= 11 is 5.95. The van der Waals surface area contributed by atoms with Crippen molar-refractivity contribution in [2.24, 2.45) is 0 Å². The molecular formula is C26H29ClFN5O4. The Morgan fingerprint density at radius 2 is 2.11 bits per heavy atom. The standard InChI is InChI=1S/C26H29ClFN5O4/c1-36-19-10-22-25(26(30-15-29-22)31-16-4-5-21(28)20(27)9-16)23(11-19)37-14-17-3-2-7-33(17)24(35)13-32-8-6-18(34)12-32/h4-5,9-11,15,17-18,34H,2-3,6-8,12-14H2,1H3,(H,29,30,31)/t17-,18-/m0/s1. The molecule has 1 amide bonds. The number of nitrogens with one attached hydrogen (secondary N) is 1. The van der Waals surface area contributed by atoms with Gasteiger partial charge in [0.2, 0.25) is 5.91 Å². The van der Waals surface area contributed by atoms with Crippen LogP contribution in [0.3, 0.4) is 0 Å². The molecule has 11 heteroatoms. The zero-order valence-corrected chi connectivity index (χ0v) is 21.2. The first-order chi connectivity index (χ1) is 17.9. The third-order valence-electron chi connectivity index (χ3n) is 6.83. The summed E-state index contributed by atoms with van der Waals surface area (Å²) in [5.41, 5.74) is 1.17. The molecule has 3 aromatic rings. The van der Waals surface area contributed by atoms with E-state index in [1.165, 1.54) is 18.5 Å². The Balaban J connectivity index is 1.37. The highest BCUT2D eigenvalue weighted by atomic mass is 35.5. The van der Waals surface area contributed by atoms with Gasteiger partial charge in [-0.2, -0.15) is 0 Å². The fraction of sp³-hybridized carbons (Fsp3) is 0.423. The molecule has 2 aliphatic rings. The summed E-state index contributed by atoms with van der Waals surface area (Å²) in [6, 6.07) is 7.81. The number of hydrogen-bond acceptors (Lipinski definition) is 8. The number of hydrogen-bond donors (Lipinski definition) is 2. The van der Waals surface area contributed by atoms with E-state index < -0.39 is 5.82 Å². The average Bonchev–Trinajstić information content (AvgIpc) is 3.53. The maximum atomic E-state index is 13.6. The van der Waals surface area contributed by atoms with Crippen LogP contribution in [-0.4, -0.2) is 82.8 Å². The number of amides is 1. The number of benzene rings is 2. The molecule has 196 valence electrons. The number of likely N-dealkylation sites (tertiary alicyclic amines) is 2. The van der Waals surface area contributed by atoms with Crippen LogP contribution in [0.2, 0.25) is 5.02 Å². The number of anilines is 2. The number of methoxy groups -OCH3 is 1. The predicted octanol–water partition coefficient (Wildman–Crippen LogP) is 3.61. The molecule has 0 saturated carbocycles. The molecule has 9 nitrogen and oxygen atoms in total. The van der Waals surface area contributed by atoms with Crippen LogP contribution in [-0.2, 0) is 4.79 Å². The van der Waals surface area contributed by atoms with Crippen LogP contribution in [0, 0.1) is 5.82 Å². The number of carbonyl (C=O) groups is 1. The fourth-order valence-electron chi connectivity index (χ4n) is 4.93. The number of aliphatic hydroxyl groups excluding tert-OH is 1. The molecule has 1 aromatic heterocycles. The zero-order valence-electron chi connectivity index (χ0n) is 20.5. The highest BCUT2D eigenvalue weighted by Crippen LogP contribution is 2.36. The molecule has 3 heterocycles. The van der Waals surface area contributed by atoms with Gasteiger partial charge in [-0.25, -0.2) is 14.4 Å². The topological polar surface area (TPSA) is 100 Å². The third-order valence-corrected chi connectivity index (χ3v) is 7.12. The van der Waals surface area contributed by atoms with E-state index in [9.17, 15) is 14.3 Å². The van der Waals surface area contributed by atoms with Crippen molar-refractivity contribution in [3.63, 3.8) is 0 Å². The average molecular weight is 530 g/mol. The monoisotopic (exact) mass is 529 g/mol. The Kier molecular flexibility index (Phi) is 7.59. The molecule has 5 rings (SSSR count). The molecule has 2 N–H and O–H groups in total. The van der Waals surface area contributed by atoms with Crippen LogP contribution in [0.1, 0.15) is 19.3 Å². The van der Waals surface area contributed by atoms with Gasteiger partial charge in [-0.15, -0.1) is 0 Å². The first-order valence-electron chi connectivity index (χ1n) is 12.3. The fourth-order valence-corrected chi connectivity index (χ4v) is 5.11. The molecule has 2 aromatic carbocycles. The summed E-state index contributed by atoms with van der Waals surface area (Å²) in [4.78, 5) is 25.7. The summed E-state index contributed by atoms with van der Waals surface area (Å²) in [5.74, 6) is 1.09. The number of carbonyl (C=O) groups excluding carboxylic acids is 1. The lowest BCUT2D eigenvalue weighted by Gasteiger charge is -2.27.